The number of hydrogen-bond acceptors (Lipinski definition) is 3. The number of nitrogens with zero attached hydrogens (tertiary/aromatic N) is 1. The lowest BCUT2D eigenvalue weighted by atomic mass is 10.2. The van der Waals surface area contributed by atoms with E-state index >= 15 is 0 Å². The predicted molar refractivity (Wildman–Crippen MR) is 97.3 cm³/mol. The van der Waals surface area contributed by atoms with Crippen molar-refractivity contribution in [1.29, 1.82) is 0 Å². The summed E-state index contributed by atoms with van der Waals surface area (Å²) in [5.74, 6) is 0.224. The topological polar surface area (TPSA) is 42.0 Å². The third-order valence-electron chi connectivity index (χ3n) is 3.38. The van der Waals surface area contributed by atoms with Gasteiger partial charge in [0.1, 0.15) is 0 Å². The highest BCUT2D eigenvalue weighted by Gasteiger charge is 2.06. The highest BCUT2D eigenvalue weighted by Crippen LogP contribution is 2.22. The first-order valence-corrected chi connectivity index (χ1v) is 8.53. The normalized spacial score (nSPS) is 10.7. The van der Waals surface area contributed by atoms with E-state index in [1.807, 2.05) is 55.5 Å². The number of fused-ring (bicyclic) bond motifs is 1. The van der Waals surface area contributed by atoms with E-state index in [9.17, 15) is 4.79 Å². The maximum atomic E-state index is 12.0. The number of carbonyl (C=O) groups excluding carboxylic acids is 1. The van der Waals surface area contributed by atoms with Crippen LogP contribution in [-0.4, -0.2) is 16.6 Å². The van der Waals surface area contributed by atoms with Gasteiger partial charge in [0.05, 0.1) is 16.3 Å². The Balaban J connectivity index is 1.62. The molecule has 3 nitrogen and oxygen atoms in total. The van der Waals surface area contributed by atoms with Crippen LogP contribution < -0.4 is 5.32 Å². The molecule has 0 radical (unpaired) electrons. The zero-order chi connectivity index (χ0) is 16.2. The van der Waals surface area contributed by atoms with Crippen LogP contribution in [0, 0.1) is 6.92 Å². The molecule has 116 valence electrons. The van der Waals surface area contributed by atoms with E-state index in [1.54, 1.807) is 6.07 Å². The van der Waals surface area contributed by atoms with E-state index in [0.29, 0.717) is 16.5 Å². The largest absolute Gasteiger partial charge is 0.325 e. The Hall–Kier alpha value is -2.04. The summed E-state index contributed by atoms with van der Waals surface area (Å²) in [6.07, 6.45) is 0. The molecule has 23 heavy (non-hydrogen) atoms. The van der Waals surface area contributed by atoms with Crippen molar-refractivity contribution in [2.45, 2.75) is 11.9 Å². The van der Waals surface area contributed by atoms with Crippen molar-refractivity contribution in [3.8, 4) is 0 Å². The number of nitrogens with one attached hydrogen (secondary N) is 1. The zero-order valence-corrected chi connectivity index (χ0v) is 14.1. The molecule has 0 unspecified atom stereocenters. The first-order valence-electron chi connectivity index (χ1n) is 7.16. The molecule has 3 aromatic rings. The standard InChI is InChI=1S/C18H15ClN2OS/c1-12-6-8-14(10-15(12)19)20-17(22)11-23-18-9-7-13-4-2-3-5-16(13)21-18/h2-10H,11H2,1H3,(H,20,22). The van der Waals surface area contributed by atoms with Crippen molar-refractivity contribution >= 4 is 45.9 Å². The number of rotatable bonds is 4. The van der Waals surface area contributed by atoms with Gasteiger partial charge in [0.25, 0.3) is 0 Å². The van der Waals surface area contributed by atoms with Crippen molar-refractivity contribution in [2.24, 2.45) is 0 Å². The molecule has 0 atom stereocenters. The number of carbonyl (C=O) groups is 1. The minimum absolute atomic E-state index is 0.0788. The van der Waals surface area contributed by atoms with Crippen molar-refractivity contribution in [3.05, 3.63) is 65.2 Å². The maximum absolute atomic E-state index is 12.0. The number of pyridine rings is 1. The number of thioether (sulfide) groups is 1. The Morgan fingerprint density at radius 2 is 2.00 bits per heavy atom. The van der Waals surface area contributed by atoms with Gasteiger partial charge in [0.15, 0.2) is 0 Å². The lowest BCUT2D eigenvalue weighted by Gasteiger charge is -2.07. The molecule has 0 saturated heterocycles. The van der Waals surface area contributed by atoms with E-state index in [-0.39, 0.29) is 5.91 Å². The van der Waals surface area contributed by atoms with Gasteiger partial charge in [0, 0.05) is 16.1 Å². The zero-order valence-electron chi connectivity index (χ0n) is 12.5. The summed E-state index contributed by atoms with van der Waals surface area (Å²) in [5.41, 5.74) is 2.63. The molecule has 0 fully saturated rings. The van der Waals surface area contributed by atoms with Crippen LogP contribution in [0.2, 0.25) is 5.02 Å². The molecule has 5 heteroatoms. The van der Waals surface area contributed by atoms with Gasteiger partial charge in [-0.1, -0.05) is 53.7 Å². The number of anilines is 1. The third-order valence-corrected chi connectivity index (χ3v) is 4.72. The maximum Gasteiger partial charge on any atom is 0.234 e. The minimum Gasteiger partial charge on any atom is -0.325 e. The Bertz CT molecular complexity index is 867. The van der Waals surface area contributed by atoms with E-state index in [2.05, 4.69) is 10.3 Å². The van der Waals surface area contributed by atoms with E-state index < -0.39 is 0 Å². The number of para-hydroxylation sites is 1. The van der Waals surface area contributed by atoms with Gasteiger partial charge >= 0.3 is 0 Å². The van der Waals surface area contributed by atoms with Gasteiger partial charge < -0.3 is 5.32 Å². The summed E-state index contributed by atoms with van der Waals surface area (Å²) in [5, 5.41) is 5.42. The minimum atomic E-state index is -0.0788. The second kappa shape index (κ2) is 7.02. The van der Waals surface area contributed by atoms with Crippen LogP contribution in [-0.2, 0) is 4.79 Å². The van der Waals surface area contributed by atoms with Crippen LogP contribution in [0.3, 0.4) is 0 Å². The Morgan fingerprint density at radius 3 is 2.83 bits per heavy atom. The molecule has 1 amide bonds. The molecular formula is C18H15ClN2OS. The molecule has 0 aliphatic carbocycles. The van der Waals surface area contributed by atoms with Crippen LogP contribution in [0.15, 0.2) is 59.6 Å². The number of benzene rings is 2. The number of aryl methyl sites for hydroxylation is 1. The van der Waals surface area contributed by atoms with Gasteiger partial charge in [0.2, 0.25) is 5.91 Å². The monoisotopic (exact) mass is 342 g/mol. The summed E-state index contributed by atoms with van der Waals surface area (Å²) in [6.45, 7) is 1.93. The van der Waals surface area contributed by atoms with Crippen molar-refractivity contribution in [1.82, 2.24) is 4.98 Å². The van der Waals surface area contributed by atoms with E-state index in [0.717, 1.165) is 21.5 Å². The molecule has 0 aliphatic heterocycles. The van der Waals surface area contributed by atoms with Gasteiger partial charge in [-0.15, -0.1) is 0 Å². The van der Waals surface area contributed by atoms with Crippen LogP contribution in [0.1, 0.15) is 5.56 Å². The van der Waals surface area contributed by atoms with Crippen molar-refractivity contribution in [3.63, 3.8) is 0 Å². The number of halogens is 1. The second-order valence-electron chi connectivity index (χ2n) is 5.14. The third kappa shape index (κ3) is 4.03. The van der Waals surface area contributed by atoms with Crippen LogP contribution in [0.25, 0.3) is 10.9 Å². The number of aromatic nitrogens is 1. The molecule has 0 spiro atoms. The van der Waals surface area contributed by atoms with Gasteiger partial charge in [-0.25, -0.2) is 4.98 Å². The van der Waals surface area contributed by atoms with Gasteiger partial charge in [-0.3, -0.25) is 4.79 Å². The SMILES string of the molecule is Cc1ccc(NC(=O)CSc2ccc3ccccc3n2)cc1Cl. The number of hydrogen-bond donors (Lipinski definition) is 1. The quantitative estimate of drug-likeness (QED) is 0.684. The molecule has 0 aliphatic rings. The lowest BCUT2D eigenvalue weighted by molar-refractivity contribution is -0.113. The van der Waals surface area contributed by atoms with Gasteiger partial charge in [-0.2, -0.15) is 0 Å². The molecular weight excluding hydrogens is 328 g/mol. The summed E-state index contributed by atoms with van der Waals surface area (Å²) in [7, 11) is 0. The summed E-state index contributed by atoms with van der Waals surface area (Å²) < 4.78 is 0. The van der Waals surface area contributed by atoms with Crippen LogP contribution in [0.4, 0.5) is 5.69 Å². The smallest absolute Gasteiger partial charge is 0.234 e. The van der Waals surface area contributed by atoms with E-state index in [4.69, 9.17) is 11.6 Å². The van der Waals surface area contributed by atoms with E-state index in [1.165, 1.54) is 11.8 Å². The van der Waals surface area contributed by atoms with Crippen LogP contribution in [0.5, 0.6) is 0 Å². The molecule has 1 N–H and O–H groups in total. The summed E-state index contributed by atoms with van der Waals surface area (Å²) >= 11 is 7.47. The highest BCUT2D eigenvalue weighted by molar-refractivity contribution is 7.99. The van der Waals surface area contributed by atoms with Gasteiger partial charge in [-0.05, 0) is 36.8 Å². The first-order chi connectivity index (χ1) is 11.1. The molecule has 1 aromatic heterocycles. The lowest BCUT2D eigenvalue weighted by Crippen LogP contribution is -2.14. The fourth-order valence-corrected chi connectivity index (χ4v) is 2.99. The summed E-state index contributed by atoms with van der Waals surface area (Å²) in [4.78, 5) is 16.6. The average molecular weight is 343 g/mol. The molecule has 0 saturated carbocycles. The average Bonchev–Trinajstić information content (AvgIpc) is 2.56. The fourth-order valence-electron chi connectivity index (χ4n) is 2.13. The molecule has 1 heterocycles. The Labute approximate surface area is 144 Å². The van der Waals surface area contributed by atoms with Crippen molar-refractivity contribution < 1.29 is 4.79 Å². The molecule has 3 rings (SSSR count). The highest BCUT2D eigenvalue weighted by atomic mass is 35.5. The Morgan fingerprint density at radius 1 is 1.17 bits per heavy atom. The fraction of sp³-hybridized carbons (Fsp3) is 0.111. The van der Waals surface area contributed by atoms with Crippen molar-refractivity contribution in [2.75, 3.05) is 11.1 Å². The summed E-state index contributed by atoms with van der Waals surface area (Å²) in [6, 6.07) is 17.4. The molecule has 2 aromatic carbocycles. The first kappa shape index (κ1) is 15.8. The van der Waals surface area contributed by atoms with Crippen LogP contribution >= 0.6 is 23.4 Å². The number of amides is 1. The molecule has 0 bridgehead atoms. The predicted octanol–water partition coefficient (Wildman–Crippen LogP) is 4.93. The second-order valence-corrected chi connectivity index (χ2v) is 6.55. The Kier molecular flexibility index (Phi) is 4.84.